The van der Waals surface area contributed by atoms with Gasteiger partial charge in [-0.25, -0.2) is 0 Å². The van der Waals surface area contributed by atoms with Crippen LogP contribution in [0.1, 0.15) is 23.9 Å². The fourth-order valence-corrected chi connectivity index (χ4v) is 1.71. The Kier molecular flexibility index (Phi) is 4.00. The number of carbonyl (C=O) groups excluding carboxylic acids is 1. The van der Waals surface area contributed by atoms with Crippen LogP contribution < -0.4 is 11.1 Å². The number of hydrogen-bond donors (Lipinski definition) is 2. The summed E-state index contributed by atoms with van der Waals surface area (Å²) in [6.07, 6.45) is 4.12. The first kappa shape index (κ1) is 11.9. The molecule has 1 unspecified atom stereocenters. The minimum atomic E-state index is -0.326. The third-order valence-corrected chi connectivity index (χ3v) is 2.59. The zero-order valence-corrected chi connectivity index (χ0v) is 9.56. The number of nitrogens with zero attached hydrogens (tertiary/aromatic N) is 2. The van der Waals surface area contributed by atoms with E-state index in [1.54, 1.807) is 12.4 Å². The lowest BCUT2D eigenvalue weighted by molar-refractivity contribution is -0.118. The summed E-state index contributed by atoms with van der Waals surface area (Å²) < 4.78 is 5.59. The maximum absolute atomic E-state index is 10.7. The SMILES string of the molecule is NC(=O)CCc1cncc(C2CNCCO2)n1. The van der Waals surface area contributed by atoms with Crippen molar-refractivity contribution in [2.45, 2.75) is 18.9 Å². The van der Waals surface area contributed by atoms with Crippen molar-refractivity contribution in [3.63, 3.8) is 0 Å². The van der Waals surface area contributed by atoms with Gasteiger partial charge >= 0.3 is 0 Å². The first-order valence-electron chi connectivity index (χ1n) is 5.67. The van der Waals surface area contributed by atoms with Crippen molar-refractivity contribution in [2.75, 3.05) is 19.7 Å². The molecule has 0 saturated carbocycles. The quantitative estimate of drug-likeness (QED) is 0.739. The maximum Gasteiger partial charge on any atom is 0.217 e. The van der Waals surface area contributed by atoms with Crippen molar-refractivity contribution in [1.82, 2.24) is 15.3 Å². The summed E-state index contributed by atoms with van der Waals surface area (Å²) >= 11 is 0. The van der Waals surface area contributed by atoms with E-state index in [1.807, 2.05) is 0 Å². The molecule has 2 rings (SSSR count). The second-order valence-corrected chi connectivity index (χ2v) is 3.97. The average Bonchev–Trinajstić information content (AvgIpc) is 2.38. The maximum atomic E-state index is 10.7. The van der Waals surface area contributed by atoms with Crippen molar-refractivity contribution in [3.05, 3.63) is 23.8 Å². The molecule has 1 aliphatic heterocycles. The van der Waals surface area contributed by atoms with Crippen LogP contribution in [0.25, 0.3) is 0 Å². The zero-order valence-electron chi connectivity index (χ0n) is 9.56. The lowest BCUT2D eigenvalue weighted by Crippen LogP contribution is -2.33. The molecule has 0 aliphatic carbocycles. The molecule has 0 radical (unpaired) electrons. The molecular formula is C11H16N4O2. The minimum absolute atomic E-state index is 0.0511. The number of ether oxygens (including phenoxy) is 1. The van der Waals surface area contributed by atoms with Crippen molar-refractivity contribution in [2.24, 2.45) is 5.73 Å². The Labute approximate surface area is 99.6 Å². The van der Waals surface area contributed by atoms with E-state index in [4.69, 9.17) is 10.5 Å². The van der Waals surface area contributed by atoms with Crippen LogP contribution >= 0.6 is 0 Å². The standard InChI is InChI=1S/C11H16N4O2/c12-11(16)2-1-8-5-14-6-9(15-8)10-7-13-3-4-17-10/h5-6,10,13H,1-4,7H2,(H2,12,16). The predicted octanol–water partition coefficient (Wildman–Crippen LogP) is -0.445. The Hall–Kier alpha value is -1.53. The van der Waals surface area contributed by atoms with Gasteiger partial charge in [-0.1, -0.05) is 0 Å². The molecule has 17 heavy (non-hydrogen) atoms. The van der Waals surface area contributed by atoms with Crippen LogP contribution in [-0.4, -0.2) is 35.6 Å². The Morgan fingerprint density at radius 1 is 1.59 bits per heavy atom. The van der Waals surface area contributed by atoms with Gasteiger partial charge in [0, 0.05) is 25.7 Å². The number of nitrogens with one attached hydrogen (secondary N) is 1. The summed E-state index contributed by atoms with van der Waals surface area (Å²) in [5.41, 5.74) is 6.68. The molecule has 2 heterocycles. The topological polar surface area (TPSA) is 90.1 Å². The van der Waals surface area contributed by atoms with E-state index >= 15 is 0 Å². The van der Waals surface area contributed by atoms with Crippen LogP contribution in [0.3, 0.4) is 0 Å². The Morgan fingerprint density at radius 2 is 2.47 bits per heavy atom. The lowest BCUT2D eigenvalue weighted by Gasteiger charge is -2.23. The average molecular weight is 236 g/mol. The van der Waals surface area contributed by atoms with Gasteiger partial charge in [-0.15, -0.1) is 0 Å². The van der Waals surface area contributed by atoms with E-state index in [0.717, 1.165) is 24.5 Å². The second-order valence-electron chi connectivity index (χ2n) is 3.97. The molecule has 92 valence electrons. The normalized spacial score (nSPS) is 20.1. The third-order valence-electron chi connectivity index (χ3n) is 2.59. The van der Waals surface area contributed by atoms with Gasteiger partial charge in [-0.2, -0.15) is 0 Å². The molecule has 0 spiro atoms. The molecule has 1 aliphatic rings. The van der Waals surface area contributed by atoms with Crippen LogP contribution in [0, 0.1) is 0 Å². The molecule has 1 aromatic heterocycles. The number of carbonyl (C=O) groups is 1. The first-order chi connectivity index (χ1) is 8.25. The van der Waals surface area contributed by atoms with E-state index in [1.165, 1.54) is 0 Å². The molecule has 1 saturated heterocycles. The number of rotatable bonds is 4. The number of amides is 1. The number of primary amides is 1. The molecule has 1 amide bonds. The monoisotopic (exact) mass is 236 g/mol. The minimum Gasteiger partial charge on any atom is -0.370 e. The van der Waals surface area contributed by atoms with Gasteiger partial charge in [0.25, 0.3) is 0 Å². The Bertz CT molecular complexity index is 391. The molecule has 0 bridgehead atoms. The number of hydrogen-bond acceptors (Lipinski definition) is 5. The molecule has 6 nitrogen and oxygen atoms in total. The summed E-state index contributed by atoms with van der Waals surface area (Å²) in [7, 11) is 0. The van der Waals surface area contributed by atoms with Gasteiger partial charge < -0.3 is 15.8 Å². The van der Waals surface area contributed by atoms with E-state index < -0.39 is 0 Å². The van der Waals surface area contributed by atoms with Crippen molar-refractivity contribution >= 4 is 5.91 Å². The molecule has 1 aromatic rings. The molecule has 1 atom stereocenters. The fourth-order valence-electron chi connectivity index (χ4n) is 1.71. The first-order valence-corrected chi connectivity index (χ1v) is 5.67. The number of morpholine rings is 1. The van der Waals surface area contributed by atoms with Crippen molar-refractivity contribution in [3.8, 4) is 0 Å². The lowest BCUT2D eigenvalue weighted by atomic mass is 10.2. The summed E-state index contributed by atoms with van der Waals surface area (Å²) in [6.45, 7) is 2.29. The van der Waals surface area contributed by atoms with E-state index in [9.17, 15) is 4.79 Å². The fraction of sp³-hybridized carbons (Fsp3) is 0.545. The van der Waals surface area contributed by atoms with Crippen LogP contribution in [0.4, 0.5) is 0 Å². The summed E-state index contributed by atoms with van der Waals surface area (Å²) in [6, 6.07) is 0. The molecule has 0 aromatic carbocycles. The van der Waals surface area contributed by atoms with Crippen LogP contribution in [0.5, 0.6) is 0 Å². The van der Waals surface area contributed by atoms with Gasteiger partial charge in [0.2, 0.25) is 5.91 Å². The van der Waals surface area contributed by atoms with Crippen LogP contribution in [0.15, 0.2) is 12.4 Å². The molecule has 3 N–H and O–H groups in total. The van der Waals surface area contributed by atoms with Gasteiger partial charge in [0.15, 0.2) is 0 Å². The van der Waals surface area contributed by atoms with Crippen molar-refractivity contribution in [1.29, 1.82) is 0 Å². The van der Waals surface area contributed by atoms with E-state index in [2.05, 4.69) is 15.3 Å². The number of aromatic nitrogens is 2. The number of nitrogens with two attached hydrogens (primary N) is 1. The summed E-state index contributed by atoms with van der Waals surface area (Å²) in [5.74, 6) is -0.326. The zero-order chi connectivity index (χ0) is 12.1. The van der Waals surface area contributed by atoms with Crippen LogP contribution in [-0.2, 0) is 16.0 Å². The Morgan fingerprint density at radius 3 is 3.18 bits per heavy atom. The van der Waals surface area contributed by atoms with Gasteiger partial charge in [-0.05, 0) is 6.42 Å². The largest absolute Gasteiger partial charge is 0.370 e. The highest BCUT2D eigenvalue weighted by molar-refractivity contribution is 5.73. The second kappa shape index (κ2) is 5.70. The smallest absolute Gasteiger partial charge is 0.217 e. The summed E-state index contributed by atoms with van der Waals surface area (Å²) in [5, 5.41) is 3.24. The van der Waals surface area contributed by atoms with Gasteiger partial charge in [-0.3, -0.25) is 14.8 Å². The van der Waals surface area contributed by atoms with E-state index in [-0.39, 0.29) is 12.0 Å². The van der Waals surface area contributed by atoms with Gasteiger partial charge in [0.05, 0.1) is 24.2 Å². The molecular weight excluding hydrogens is 220 g/mol. The summed E-state index contributed by atoms with van der Waals surface area (Å²) in [4.78, 5) is 19.2. The van der Waals surface area contributed by atoms with Crippen LogP contribution in [0.2, 0.25) is 0 Å². The third kappa shape index (κ3) is 3.47. The predicted molar refractivity (Wildman–Crippen MR) is 61.1 cm³/mol. The Balaban J connectivity index is 2.02. The molecule has 1 fully saturated rings. The van der Waals surface area contributed by atoms with E-state index in [0.29, 0.717) is 19.4 Å². The van der Waals surface area contributed by atoms with Gasteiger partial charge in [0.1, 0.15) is 6.10 Å². The van der Waals surface area contributed by atoms with Crippen molar-refractivity contribution < 1.29 is 9.53 Å². The highest BCUT2D eigenvalue weighted by Crippen LogP contribution is 2.15. The highest BCUT2D eigenvalue weighted by Gasteiger charge is 2.17. The molecule has 6 heteroatoms. The highest BCUT2D eigenvalue weighted by atomic mass is 16.5. The number of aryl methyl sites for hydroxylation is 1.